The second kappa shape index (κ2) is 3.28. The number of nitrogens with zero attached hydrogens (tertiary/aromatic N) is 1. The summed E-state index contributed by atoms with van der Waals surface area (Å²) in [5.41, 5.74) is 0.853. The molecule has 2 rings (SSSR count). The molecule has 82 valence electrons. The molecule has 1 aliphatic heterocycles. The molecule has 2 atom stereocenters. The molecule has 0 aliphatic carbocycles. The van der Waals surface area contributed by atoms with Gasteiger partial charge in [-0.3, -0.25) is 0 Å². The molecule has 0 radical (unpaired) electrons. The second-order valence-electron chi connectivity index (χ2n) is 3.47. The van der Waals surface area contributed by atoms with Crippen LogP contribution in [0.4, 0.5) is 0 Å². The lowest BCUT2D eigenvalue weighted by Crippen LogP contribution is -2.31. The zero-order chi connectivity index (χ0) is 11.2. The van der Waals surface area contributed by atoms with E-state index in [1.54, 1.807) is 24.3 Å². The molecule has 2 N–H and O–H groups in total. The van der Waals surface area contributed by atoms with Crippen LogP contribution in [0.25, 0.3) is 0 Å². The predicted octanol–water partition coefficient (Wildman–Crippen LogP) is -0.0564. The maximum atomic E-state index is 11.3. The molecule has 15 heavy (non-hydrogen) atoms. The van der Waals surface area contributed by atoms with Gasteiger partial charge in [0.15, 0.2) is 0 Å². The summed E-state index contributed by atoms with van der Waals surface area (Å²) in [4.78, 5) is 0. The van der Waals surface area contributed by atoms with E-state index in [0.29, 0.717) is 15.4 Å². The van der Waals surface area contributed by atoms with Crippen molar-refractivity contribution >= 4 is 10.0 Å². The normalized spacial score (nSPS) is 26.6. The molecule has 0 spiro atoms. The third-order valence-electron chi connectivity index (χ3n) is 2.42. The number of benzene rings is 1. The minimum Gasteiger partial charge on any atom is -0.373 e. The van der Waals surface area contributed by atoms with Crippen LogP contribution in [0.3, 0.4) is 0 Å². The van der Waals surface area contributed by atoms with Gasteiger partial charge >= 0.3 is 0 Å². The largest absolute Gasteiger partial charge is 0.373 e. The van der Waals surface area contributed by atoms with Gasteiger partial charge in [0, 0.05) is 11.1 Å². The highest BCUT2D eigenvalue weighted by atomic mass is 32.2. The molecule has 0 saturated heterocycles. The van der Waals surface area contributed by atoms with Crippen LogP contribution in [0, 0.1) is 0 Å². The van der Waals surface area contributed by atoms with Crippen LogP contribution in [0.15, 0.2) is 24.3 Å². The van der Waals surface area contributed by atoms with Crippen molar-refractivity contribution in [1.29, 1.82) is 0 Å². The van der Waals surface area contributed by atoms with Crippen LogP contribution in [0.1, 0.15) is 23.6 Å². The van der Waals surface area contributed by atoms with Gasteiger partial charge in [0.05, 0.1) is 6.26 Å². The highest BCUT2D eigenvalue weighted by Crippen LogP contribution is 2.40. The monoisotopic (exact) mass is 229 g/mol. The number of sulfonamides is 1. The molecular formula is C9H11NO4S. The van der Waals surface area contributed by atoms with Gasteiger partial charge in [0.2, 0.25) is 10.0 Å². The Labute approximate surface area is 87.6 Å². The molecule has 5 nitrogen and oxygen atoms in total. The van der Waals surface area contributed by atoms with Crippen LogP contribution >= 0.6 is 0 Å². The van der Waals surface area contributed by atoms with Crippen LogP contribution in [0.5, 0.6) is 0 Å². The molecular weight excluding hydrogens is 218 g/mol. The van der Waals surface area contributed by atoms with E-state index >= 15 is 0 Å². The van der Waals surface area contributed by atoms with E-state index < -0.39 is 22.5 Å². The van der Waals surface area contributed by atoms with Crippen molar-refractivity contribution in [2.45, 2.75) is 12.5 Å². The first-order valence-corrected chi connectivity index (χ1v) is 6.21. The third-order valence-corrected chi connectivity index (χ3v) is 3.58. The summed E-state index contributed by atoms with van der Waals surface area (Å²) < 4.78 is 23.3. The Morgan fingerprint density at radius 3 is 1.87 bits per heavy atom. The number of hydrogen-bond donors (Lipinski definition) is 2. The zero-order valence-electron chi connectivity index (χ0n) is 8.03. The molecule has 0 aromatic heterocycles. The van der Waals surface area contributed by atoms with Crippen molar-refractivity contribution in [3.05, 3.63) is 35.4 Å². The highest BCUT2D eigenvalue weighted by Gasteiger charge is 2.41. The van der Waals surface area contributed by atoms with E-state index in [4.69, 9.17) is 0 Å². The molecule has 0 amide bonds. The molecule has 0 bridgehead atoms. The van der Waals surface area contributed by atoms with Crippen LogP contribution < -0.4 is 0 Å². The van der Waals surface area contributed by atoms with E-state index in [2.05, 4.69) is 0 Å². The summed E-state index contributed by atoms with van der Waals surface area (Å²) in [5.74, 6) is 0. The van der Waals surface area contributed by atoms with Gasteiger partial charge in [-0.25, -0.2) is 8.42 Å². The van der Waals surface area contributed by atoms with Crippen molar-refractivity contribution in [3.63, 3.8) is 0 Å². The molecule has 0 saturated carbocycles. The minimum absolute atomic E-state index is 0.426. The Hall–Kier alpha value is -0.950. The Morgan fingerprint density at radius 1 is 1.13 bits per heavy atom. The fraction of sp³-hybridized carbons (Fsp3) is 0.333. The third kappa shape index (κ3) is 1.55. The van der Waals surface area contributed by atoms with Gasteiger partial charge in [0.1, 0.15) is 12.5 Å². The number of fused-ring (bicyclic) bond motifs is 1. The van der Waals surface area contributed by atoms with Gasteiger partial charge in [0.25, 0.3) is 0 Å². The van der Waals surface area contributed by atoms with E-state index in [1.165, 1.54) is 0 Å². The fourth-order valence-corrected chi connectivity index (χ4v) is 2.70. The zero-order valence-corrected chi connectivity index (χ0v) is 8.85. The first-order valence-electron chi connectivity index (χ1n) is 4.36. The van der Waals surface area contributed by atoms with E-state index in [9.17, 15) is 18.6 Å². The average Bonchev–Trinajstić information content (AvgIpc) is 2.39. The van der Waals surface area contributed by atoms with Crippen LogP contribution in [0.2, 0.25) is 0 Å². The lowest BCUT2D eigenvalue weighted by Gasteiger charge is -2.21. The molecule has 0 fully saturated rings. The van der Waals surface area contributed by atoms with Gasteiger partial charge < -0.3 is 10.2 Å². The van der Waals surface area contributed by atoms with Crippen molar-refractivity contribution in [2.75, 3.05) is 6.26 Å². The van der Waals surface area contributed by atoms with E-state index in [-0.39, 0.29) is 0 Å². The Kier molecular flexibility index (Phi) is 2.31. The lowest BCUT2D eigenvalue weighted by molar-refractivity contribution is -0.0221. The molecule has 2 unspecified atom stereocenters. The predicted molar refractivity (Wildman–Crippen MR) is 53.0 cm³/mol. The first-order chi connectivity index (χ1) is 6.93. The average molecular weight is 229 g/mol. The molecule has 1 aliphatic rings. The summed E-state index contributed by atoms with van der Waals surface area (Å²) >= 11 is 0. The van der Waals surface area contributed by atoms with Gasteiger partial charge in [-0.05, 0) is 0 Å². The molecule has 1 aromatic carbocycles. The topological polar surface area (TPSA) is 77.8 Å². The Morgan fingerprint density at radius 2 is 1.53 bits per heavy atom. The summed E-state index contributed by atoms with van der Waals surface area (Å²) in [6.07, 6.45) is -1.65. The summed E-state index contributed by atoms with van der Waals surface area (Å²) in [6, 6.07) is 6.55. The summed E-state index contributed by atoms with van der Waals surface area (Å²) in [5, 5.41) is 19.5. The van der Waals surface area contributed by atoms with Crippen molar-refractivity contribution in [1.82, 2.24) is 4.31 Å². The minimum atomic E-state index is -3.64. The Bertz CT molecular complexity index is 456. The number of aliphatic hydroxyl groups is 2. The Balaban J connectivity index is 2.55. The van der Waals surface area contributed by atoms with Crippen molar-refractivity contribution in [3.8, 4) is 0 Å². The quantitative estimate of drug-likeness (QED) is 0.707. The van der Waals surface area contributed by atoms with Gasteiger partial charge in [-0.1, -0.05) is 24.3 Å². The van der Waals surface area contributed by atoms with Crippen molar-refractivity contribution < 1.29 is 18.6 Å². The highest BCUT2D eigenvalue weighted by molar-refractivity contribution is 7.88. The number of rotatable bonds is 1. The number of aliphatic hydroxyl groups excluding tert-OH is 2. The number of hydrogen-bond acceptors (Lipinski definition) is 4. The fourth-order valence-electron chi connectivity index (χ4n) is 1.75. The SMILES string of the molecule is CS(=O)(=O)N1C(O)c2ccccc2C1O. The lowest BCUT2D eigenvalue weighted by atomic mass is 10.1. The molecule has 1 aromatic rings. The summed E-state index contributed by atoms with van der Waals surface area (Å²) in [7, 11) is -3.64. The van der Waals surface area contributed by atoms with Gasteiger partial charge in [-0.2, -0.15) is 0 Å². The van der Waals surface area contributed by atoms with Crippen LogP contribution in [-0.2, 0) is 10.0 Å². The maximum absolute atomic E-state index is 11.3. The first kappa shape index (κ1) is 10.6. The standard InChI is InChI=1S/C9H11NO4S/c1-15(13,14)10-8(11)6-4-2-3-5-7(6)9(10)12/h2-5,8-9,11-12H,1H3. The van der Waals surface area contributed by atoms with E-state index in [0.717, 1.165) is 6.26 Å². The smallest absolute Gasteiger partial charge is 0.216 e. The second-order valence-corrected chi connectivity index (χ2v) is 5.36. The molecule has 1 heterocycles. The van der Waals surface area contributed by atoms with Crippen LogP contribution in [-0.4, -0.2) is 29.2 Å². The van der Waals surface area contributed by atoms with Crippen molar-refractivity contribution in [2.24, 2.45) is 0 Å². The maximum Gasteiger partial charge on any atom is 0.216 e. The molecule has 6 heteroatoms. The summed E-state index contributed by atoms with van der Waals surface area (Å²) in [6.45, 7) is 0. The van der Waals surface area contributed by atoms with Gasteiger partial charge in [-0.15, -0.1) is 4.31 Å². The van der Waals surface area contributed by atoms with E-state index in [1.807, 2.05) is 0 Å².